The van der Waals surface area contributed by atoms with Crippen molar-refractivity contribution in [1.29, 1.82) is 5.26 Å². The van der Waals surface area contributed by atoms with Crippen molar-refractivity contribution >= 4 is 19.7 Å². The van der Waals surface area contributed by atoms with Gasteiger partial charge in [0, 0.05) is 10.7 Å². The van der Waals surface area contributed by atoms with Crippen LogP contribution in [-0.2, 0) is 9.05 Å². The van der Waals surface area contributed by atoms with E-state index in [1.54, 1.807) is 0 Å². The summed E-state index contributed by atoms with van der Waals surface area (Å²) in [5, 5.41) is 8.59. The molecule has 1 aromatic rings. The van der Waals surface area contributed by atoms with Crippen LogP contribution in [0.3, 0.4) is 0 Å². The zero-order chi connectivity index (χ0) is 13.3. The van der Waals surface area contributed by atoms with E-state index < -0.39 is 31.6 Å². The van der Waals surface area contributed by atoms with Gasteiger partial charge in [-0.3, -0.25) is 0 Å². The Bertz CT molecular complexity index is 577. The maximum Gasteiger partial charge on any atom is 0.573 e. The van der Waals surface area contributed by atoms with E-state index >= 15 is 0 Å². The summed E-state index contributed by atoms with van der Waals surface area (Å²) >= 11 is 0. The van der Waals surface area contributed by atoms with Crippen LogP contribution in [0.4, 0.5) is 13.2 Å². The molecule has 4 nitrogen and oxygen atoms in total. The monoisotopic (exact) mass is 285 g/mol. The quantitative estimate of drug-likeness (QED) is 0.783. The van der Waals surface area contributed by atoms with Crippen molar-refractivity contribution in [2.45, 2.75) is 11.3 Å². The topological polar surface area (TPSA) is 67.2 Å². The van der Waals surface area contributed by atoms with Crippen molar-refractivity contribution in [2.24, 2.45) is 0 Å². The maximum absolute atomic E-state index is 11.9. The lowest BCUT2D eigenvalue weighted by atomic mass is 10.2. The fourth-order valence-electron chi connectivity index (χ4n) is 1.01. The second-order valence-electron chi connectivity index (χ2n) is 2.76. The molecule has 92 valence electrons. The first-order chi connectivity index (χ1) is 7.63. The van der Waals surface area contributed by atoms with Crippen molar-refractivity contribution in [3.8, 4) is 11.8 Å². The minimum absolute atomic E-state index is 0.526. The van der Waals surface area contributed by atoms with E-state index in [1.807, 2.05) is 0 Å². The van der Waals surface area contributed by atoms with Crippen molar-refractivity contribution in [2.75, 3.05) is 0 Å². The summed E-state index contributed by atoms with van der Waals surface area (Å²) in [6.07, 6.45) is -4.92. The molecule has 0 spiro atoms. The normalized spacial score (nSPS) is 11.9. The van der Waals surface area contributed by atoms with Gasteiger partial charge in [-0.25, -0.2) is 8.42 Å². The van der Waals surface area contributed by atoms with E-state index in [-0.39, 0.29) is 0 Å². The van der Waals surface area contributed by atoms with Crippen LogP contribution in [0.15, 0.2) is 23.1 Å². The molecule has 0 saturated carbocycles. The number of alkyl halides is 3. The summed E-state index contributed by atoms with van der Waals surface area (Å²) in [6, 6.07) is 3.58. The predicted molar refractivity (Wildman–Crippen MR) is 50.9 cm³/mol. The van der Waals surface area contributed by atoms with Gasteiger partial charge in [-0.05, 0) is 18.2 Å². The van der Waals surface area contributed by atoms with Crippen LogP contribution in [0.2, 0.25) is 0 Å². The number of hydrogen-bond acceptors (Lipinski definition) is 4. The second kappa shape index (κ2) is 4.43. The minimum Gasteiger partial charge on any atom is -0.406 e. The summed E-state index contributed by atoms with van der Waals surface area (Å²) in [5.74, 6) is -0.696. The second-order valence-corrected chi connectivity index (χ2v) is 5.29. The van der Waals surface area contributed by atoms with Gasteiger partial charge in [-0.15, -0.1) is 13.2 Å². The number of hydrogen-bond donors (Lipinski definition) is 0. The summed E-state index contributed by atoms with van der Waals surface area (Å²) in [5.41, 5.74) is -0.526. The molecule has 0 fully saturated rings. The van der Waals surface area contributed by atoms with Gasteiger partial charge in [0.2, 0.25) is 0 Å². The van der Waals surface area contributed by atoms with Gasteiger partial charge in [0.1, 0.15) is 16.7 Å². The molecule has 0 aromatic heterocycles. The zero-order valence-corrected chi connectivity index (χ0v) is 9.40. The van der Waals surface area contributed by atoms with Crippen LogP contribution < -0.4 is 4.74 Å². The molecule has 0 aliphatic carbocycles. The molecule has 1 rings (SSSR count). The molecule has 0 saturated heterocycles. The average molecular weight is 286 g/mol. The van der Waals surface area contributed by atoms with Crippen LogP contribution in [0.25, 0.3) is 0 Å². The lowest BCUT2D eigenvalue weighted by Gasteiger charge is -2.09. The third kappa shape index (κ3) is 3.80. The summed E-state index contributed by atoms with van der Waals surface area (Å²) < 4.78 is 61.0. The van der Waals surface area contributed by atoms with E-state index in [4.69, 9.17) is 15.9 Å². The summed E-state index contributed by atoms with van der Waals surface area (Å²) in [6.45, 7) is 0. The molecule has 9 heteroatoms. The van der Waals surface area contributed by atoms with Gasteiger partial charge in [-0.1, -0.05) is 0 Å². The van der Waals surface area contributed by atoms with Gasteiger partial charge >= 0.3 is 6.36 Å². The lowest BCUT2D eigenvalue weighted by Crippen LogP contribution is -2.17. The van der Waals surface area contributed by atoms with Gasteiger partial charge in [0.15, 0.2) is 0 Å². The Morgan fingerprint density at radius 2 is 1.94 bits per heavy atom. The highest BCUT2D eigenvalue weighted by Gasteiger charge is 2.31. The molecule has 17 heavy (non-hydrogen) atoms. The summed E-state index contributed by atoms with van der Waals surface area (Å²) in [4.78, 5) is -0.573. The molecule has 0 radical (unpaired) electrons. The SMILES string of the molecule is N#Cc1cc(OC(F)(F)F)ccc1S(=O)(=O)Cl. The van der Waals surface area contributed by atoms with Crippen molar-refractivity contribution < 1.29 is 26.3 Å². The fourth-order valence-corrected chi connectivity index (χ4v) is 2.01. The number of benzene rings is 1. The molecule has 0 bridgehead atoms. The zero-order valence-electron chi connectivity index (χ0n) is 7.82. The first-order valence-corrected chi connectivity index (χ1v) is 6.19. The minimum atomic E-state index is -4.92. The highest BCUT2D eigenvalue weighted by Crippen LogP contribution is 2.27. The third-order valence-corrected chi connectivity index (χ3v) is 2.95. The van der Waals surface area contributed by atoms with Gasteiger partial charge < -0.3 is 4.74 Å². The van der Waals surface area contributed by atoms with Gasteiger partial charge in [0.05, 0.1) is 5.56 Å². The van der Waals surface area contributed by atoms with Gasteiger partial charge in [-0.2, -0.15) is 5.26 Å². The molecule has 0 amide bonds. The smallest absolute Gasteiger partial charge is 0.406 e. The number of halogens is 4. The maximum atomic E-state index is 11.9. The first-order valence-electron chi connectivity index (χ1n) is 3.88. The molecular weight excluding hydrogens is 283 g/mol. The number of nitrogens with zero attached hydrogens (tertiary/aromatic N) is 1. The van der Waals surface area contributed by atoms with Crippen molar-refractivity contribution in [3.63, 3.8) is 0 Å². The Labute approximate surface area is 98.6 Å². The Morgan fingerprint density at radius 1 is 1.35 bits per heavy atom. The van der Waals surface area contributed by atoms with Crippen LogP contribution in [0.1, 0.15) is 5.56 Å². The van der Waals surface area contributed by atoms with Crippen molar-refractivity contribution in [1.82, 2.24) is 0 Å². The van der Waals surface area contributed by atoms with Crippen LogP contribution >= 0.6 is 10.7 Å². The molecule has 0 aliphatic heterocycles. The highest BCUT2D eigenvalue weighted by atomic mass is 35.7. The molecule has 0 aliphatic rings. The number of ether oxygens (including phenoxy) is 1. The third-order valence-electron chi connectivity index (χ3n) is 1.57. The van der Waals surface area contributed by atoms with Gasteiger partial charge in [0.25, 0.3) is 9.05 Å². The Balaban J connectivity index is 3.25. The van der Waals surface area contributed by atoms with E-state index in [0.29, 0.717) is 6.07 Å². The Kier molecular flexibility index (Phi) is 3.54. The molecule has 0 N–H and O–H groups in total. The molecule has 0 heterocycles. The van der Waals surface area contributed by atoms with E-state index in [0.717, 1.165) is 12.1 Å². The summed E-state index contributed by atoms with van der Waals surface area (Å²) in [7, 11) is 0.793. The van der Waals surface area contributed by atoms with Crippen molar-refractivity contribution in [3.05, 3.63) is 23.8 Å². The van der Waals surface area contributed by atoms with E-state index in [2.05, 4.69) is 4.74 Å². The highest BCUT2D eigenvalue weighted by molar-refractivity contribution is 8.13. The standard InChI is InChI=1S/C8H3ClF3NO3S/c9-17(14,15)7-2-1-6(3-5(7)4-13)16-8(10,11)12/h1-3H. The Morgan fingerprint density at radius 3 is 2.35 bits per heavy atom. The van der Waals surface area contributed by atoms with E-state index in [9.17, 15) is 21.6 Å². The lowest BCUT2D eigenvalue weighted by molar-refractivity contribution is -0.274. The number of nitriles is 1. The van der Waals surface area contributed by atoms with Crippen LogP contribution in [0, 0.1) is 11.3 Å². The Hall–Kier alpha value is -1.46. The fraction of sp³-hybridized carbons (Fsp3) is 0.125. The number of rotatable bonds is 2. The molecule has 0 unspecified atom stereocenters. The largest absolute Gasteiger partial charge is 0.573 e. The van der Waals surface area contributed by atoms with Crippen LogP contribution in [-0.4, -0.2) is 14.8 Å². The van der Waals surface area contributed by atoms with E-state index in [1.165, 1.54) is 6.07 Å². The first kappa shape index (κ1) is 13.6. The molecule has 0 atom stereocenters. The average Bonchev–Trinajstić information content (AvgIpc) is 2.13. The predicted octanol–water partition coefficient (Wildman–Crippen LogP) is 2.38. The molecular formula is C8H3ClF3NO3S. The molecule has 1 aromatic carbocycles. The van der Waals surface area contributed by atoms with Crippen LogP contribution in [0.5, 0.6) is 5.75 Å².